The number of aliphatic hydroxyl groups is 1. The maximum absolute atomic E-state index is 13.6. The predicted molar refractivity (Wildman–Crippen MR) is 104 cm³/mol. The second-order valence-corrected chi connectivity index (χ2v) is 7.07. The molecule has 0 spiro atoms. The molecule has 0 bridgehead atoms. The van der Waals surface area contributed by atoms with E-state index in [9.17, 15) is 14.3 Å². The Kier molecular flexibility index (Phi) is 4.96. The van der Waals surface area contributed by atoms with E-state index in [1.54, 1.807) is 11.1 Å². The largest absolute Gasteiger partial charge is 0.496 e. The first-order valence-corrected chi connectivity index (χ1v) is 9.20. The number of para-hydroxylation sites is 1. The zero-order chi connectivity index (χ0) is 19.7. The fourth-order valence-corrected chi connectivity index (χ4v) is 3.85. The number of methoxy groups -OCH3 is 1. The van der Waals surface area contributed by atoms with Crippen molar-refractivity contribution in [3.63, 3.8) is 0 Å². The van der Waals surface area contributed by atoms with E-state index in [0.29, 0.717) is 18.7 Å². The van der Waals surface area contributed by atoms with Crippen LogP contribution in [0.25, 0.3) is 10.9 Å². The van der Waals surface area contributed by atoms with Gasteiger partial charge in [0.1, 0.15) is 11.6 Å². The molecule has 2 atom stereocenters. The van der Waals surface area contributed by atoms with Crippen molar-refractivity contribution in [2.24, 2.45) is 5.92 Å². The Morgan fingerprint density at radius 3 is 2.89 bits per heavy atom. The number of likely N-dealkylation sites (tertiary alicyclic amines) is 1. The summed E-state index contributed by atoms with van der Waals surface area (Å²) in [6.07, 6.45) is 1.75. The molecule has 1 amide bonds. The van der Waals surface area contributed by atoms with Gasteiger partial charge in [-0.15, -0.1) is 0 Å². The standard InChI is InChI=1S/C22H21FN2O3/c1-28-21-7-6-16(23)11-18(21)22(27)25-12-15(20(26)13-25)10-14-8-9-24-19-5-3-2-4-17(14)19/h2-9,11,15,20,26H,10,12-13H2,1H3/t15-,20+/m1/s1. The lowest BCUT2D eigenvalue weighted by atomic mass is 9.94. The van der Waals surface area contributed by atoms with Crippen LogP contribution >= 0.6 is 0 Å². The van der Waals surface area contributed by atoms with E-state index in [1.165, 1.54) is 25.3 Å². The van der Waals surface area contributed by atoms with Crippen LogP contribution in [0.15, 0.2) is 54.7 Å². The first-order valence-electron chi connectivity index (χ1n) is 9.20. The van der Waals surface area contributed by atoms with Gasteiger partial charge in [0, 0.05) is 30.6 Å². The maximum atomic E-state index is 13.6. The van der Waals surface area contributed by atoms with E-state index >= 15 is 0 Å². The Hall–Kier alpha value is -2.99. The minimum absolute atomic E-state index is 0.102. The first kappa shape index (κ1) is 18.4. The fourth-order valence-electron chi connectivity index (χ4n) is 3.85. The Balaban J connectivity index is 1.55. The van der Waals surface area contributed by atoms with Crippen LogP contribution in [0.1, 0.15) is 15.9 Å². The van der Waals surface area contributed by atoms with Crippen molar-refractivity contribution in [1.82, 2.24) is 9.88 Å². The van der Waals surface area contributed by atoms with E-state index in [1.807, 2.05) is 30.3 Å². The Labute approximate surface area is 162 Å². The number of carbonyl (C=O) groups excluding carboxylic acids is 1. The highest BCUT2D eigenvalue weighted by Crippen LogP contribution is 2.28. The van der Waals surface area contributed by atoms with Crippen molar-refractivity contribution < 1.29 is 19.0 Å². The number of nitrogens with zero attached hydrogens (tertiary/aromatic N) is 2. The molecule has 0 aliphatic carbocycles. The SMILES string of the molecule is COc1ccc(F)cc1C(=O)N1C[C@@H](Cc2ccnc3ccccc23)[C@@H](O)C1. The number of carbonyl (C=O) groups is 1. The summed E-state index contributed by atoms with van der Waals surface area (Å²) in [6.45, 7) is 0.614. The fraction of sp³-hybridized carbons (Fsp3) is 0.273. The Bertz CT molecular complexity index is 1020. The van der Waals surface area contributed by atoms with Gasteiger partial charge in [0.05, 0.1) is 24.3 Å². The molecule has 0 radical (unpaired) electrons. The van der Waals surface area contributed by atoms with Crippen molar-refractivity contribution in [2.45, 2.75) is 12.5 Å². The Morgan fingerprint density at radius 2 is 2.07 bits per heavy atom. The summed E-state index contributed by atoms with van der Waals surface area (Å²) in [5, 5.41) is 11.6. The molecule has 5 nitrogen and oxygen atoms in total. The first-order chi connectivity index (χ1) is 13.6. The van der Waals surface area contributed by atoms with Gasteiger partial charge in [0.2, 0.25) is 0 Å². The molecule has 4 rings (SSSR count). The Morgan fingerprint density at radius 1 is 1.25 bits per heavy atom. The summed E-state index contributed by atoms with van der Waals surface area (Å²) in [4.78, 5) is 18.8. The third-order valence-corrected chi connectivity index (χ3v) is 5.31. The van der Waals surface area contributed by atoms with Crippen LogP contribution in [0.4, 0.5) is 4.39 Å². The summed E-state index contributed by atoms with van der Waals surface area (Å²) in [7, 11) is 1.44. The van der Waals surface area contributed by atoms with Crippen LogP contribution in [-0.4, -0.2) is 47.2 Å². The van der Waals surface area contributed by atoms with Gasteiger partial charge in [-0.05, 0) is 42.3 Å². The van der Waals surface area contributed by atoms with Gasteiger partial charge in [0.15, 0.2) is 0 Å². The zero-order valence-electron chi connectivity index (χ0n) is 15.5. The normalized spacial score (nSPS) is 19.2. The number of halogens is 1. The van der Waals surface area contributed by atoms with Gasteiger partial charge in [-0.25, -0.2) is 4.39 Å². The average molecular weight is 380 g/mol. The molecule has 3 aromatic rings. The minimum atomic E-state index is -0.643. The van der Waals surface area contributed by atoms with Crippen molar-refractivity contribution in [3.8, 4) is 5.75 Å². The zero-order valence-corrected chi connectivity index (χ0v) is 15.5. The maximum Gasteiger partial charge on any atom is 0.257 e. The van der Waals surface area contributed by atoms with Crippen molar-refractivity contribution >= 4 is 16.8 Å². The van der Waals surface area contributed by atoms with Gasteiger partial charge in [0.25, 0.3) is 5.91 Å². The van der Waals surface area contributed by atoms with E-state index in [-0.39, 0.29) is 23.9 Å². The highest BCUT2D eigenvalue weighted by molar-refractivity contribution is 5.97. The number of rotatable bonds is 4. The molecule has 2 heterocycles. The van der Waals surface area contributed by atoms with Crippen LogP contribution in [0.5, 0.6) is 5.75 Å². The second-order valence-electron chi connectivity index (χ2n) is 7.07. The van der Waals surface area contributed by atoms with Gasteiger partial charge in [-0.2, -0.15) is 0 Å². The molecule has 144 valence electrons. The summed E-state index contributed by atoms with van der Waals surface area (Å²) < 4.78 is 18.8. The third kappa shape index (κ3) is 3.43. The van der Waals surface area contributed by atoms with E-state index < -0.39 is 11.9 Å². The number of pyridine rings is 1. The number of amides is 1. The lowest BCUT2D eigenvalue weighted by Gasteiger charge is -2.18. The van der Waals surface area contributed by atoms with Gasteiger partial charge in [-0.3, -0.25) is 9.78 Å². The van der Waals surface area contributed by atoms with Gasteiger partial charge < -0.3 is 14.7 Å². The smallest absolute Gasteiger partial charge is 0.257 e. The number of aliphatic hydroxyl groups excluding tert-OH is 1. The molecule has 1 fully saturated rings. The highest BCUT2D eigenvalue weighted by atomic mass is 19.1. The number of hydrogen-bond acceptors (Lipinski definition) is 4. The molecular formula is C22H21FN2O3. The molecule has 2 aromatic carbocycles. The van der Waals surface area contributed by atoms with E-state index in [4.69, 9.17) is 4.74 Å². The topological polar surface area (TPSA) is 62.7 Å². The van der Waals surface area contributed by atoms with Gasteiger partial charge >= 0.3 is 0 Å². The summed E-state index contributed by atoms with van der Waals surface area (Å²) in [5.74, 6) is -0.611. The molecular weight excluding hydrogens is 359 g/mol. The van der Waals surface area contributed by atoms with Crippen LogP contribution < -0.4 is 4.74 Å². The highest BCUT2D eigenvalue weighted by Gasteiger charge is 2.35. The molecule has 1 aliphatic heterocycles. The molecule has 1 N–H and O–H groups in total. The van der Waals surface area contributed by atoms with Crippen molar-refractivity contribution in [3.05, 3.63) is 71.7 Å². The minimum Gasteiger partial charge on any atom is -0.496 e. The molecule has 6 heteroatoms. The van der Waals surface area contributed by atoms with E-state index in [0.717, 1.165) is 16.5 Å². The molecule has 1 aliphatic rings. The summed E-state index contributed by atoms with van der Waals surface area (Å²) >= 11 is 0. The van der Waals surface area contributed by atoms with Gasteiger partial charge in [-0.1, -0.05) is 18.2 Å². The van der Waals surface area contributed by atoms with Crippen molar-refractivity contribution in [1.29, 1.82) is 0 Å². The van der Waals surface area contributed by atoms with E-state index in [2.05, 4.69) is 4.98 Å². The monoisotopic (exact) mass is 380 g/mol. The van der Waals surface area contributed by atoms with Crippen LogP contribution in [0.2, 0.25) is 0 Å². The lowest BCUT2D eigenvalue weighted by Crippen LogP contribution is -2.30. The number of aromatic nitrogens is 1. The second kappa shape index (κ2) is 7.56. The number of hydrogen-bond donors (Lipinski definition) is 1. The quantitative estimate of drug-likeness (QED) is 0.756. The predicted octanol–water partition coefficient (Wildman–Crippen LogP) is 3.06. The average Bonchev–Trinajstić information content (AvgIpc) is 3.08. The number of fused-ring (bicyclic) bond motifs is 1. The number of ether oxygens (including phenoxy) is 1. The molecule has 1 saturated heterocycles. The van der Waals surface area contributed by atoms with Crippen LogP contribution in [0.3, 0.4) is 0 Å². The third-order valence-electron chi connectivity index (χ3n) is 5.31. The summed E-state index contributed by atoms with van der Waals surface area (Å²) in [5.41, 5.74) is 2.17. The summed E-state index contributed by atoms with van der Waals surface area (Å²) in [6, 6.07) is 13.7. The van der Waals surface area contributed by atoms with Crippen molar-refractivity contribution in [2.75, 3.05) is 20.2 Å². The number of benzene rings is 2. The van der Waals surface area contributed by atoms with Crippen LogP contribution in [-0.2, 0) is 6.42 Å². The lowest BCUT2D eigenvalue weighted by molar-refractivity contribution is 0.0760. The molecule has 0 unspecified atom stereocenters. The van der Waals surface area contributed by atoms with Crippen LogP contribution in [0, 0.1) is 11.7 Å². The molecule has 28 heavy (non-hydrogen) atoms. The number of β-amino-alcohol motifs (C(OH)–C–C–N with tert-alkyl or cyclic N) is 1. The molecule has 1 aromatic heterocycles. The molecule has 0 saturated carbocycles.